The Balaban J connectivity index is 1.92. The van der Waals surface area contributed by atoms with Gasteiger partial charge < -0.3 is 15.3 Å². The van der Waals surface area contributed by atoms with Gasteiger partial charge in [0.1, 0.15) is 5.75 Å². The SMILES string of the molecule is O=C(COc1ccc(/C=N\O)cc1Br)Nc1ccc(Cl)cc1. The van der Waals surface area contributed by atoms with Crippen molar-refractivity contribution in [3.8, 4) is 5.75 Å². The number of nitrogens with zero attached hydrogens (tertiary/aromatic N) is 1. The lowest BCUT2D eigenvalue weighted by atomic mass is 10.2. The molecule has 0 heterocycles. The van der Waals surface area contributed by atoms with Crippen LogP contribution in [-0.2, 0) is 4.79 Å². The van der Waals surface area contributed by atoms with Gasteiger partial charge in [0.15, 0.2) is 6.61 Å². The highest BCUT2D eigenvalue weighted by atomic mass is 79.9. The first kappa shape index (κ1) is 16.3. The molecule has 7 heteroatoms. The van der Waals surface area contributed by atoms with Crippen molar-refractivity contribution in [1.82, 2.24) is 0 Å². The number of halogens is 2. The van der Waals surface area contributed by atoms with Gasteiger partial charge in [-0.25, -0.2) is 0 Å². The van der Waals surface area contributed by atoms with E-state index < -0.39 is 0 Å². The van der Waals surface area contributed by atoms with E-state index in [1.165, 1.54) is 6.21 Å². The van der Waals surface area contributed by atoms with Crippen molar-refractivity contribution in [3.63, 3.8) is 0 Å². The largest absolute Gasteiger partial charge is 0.483 e. The molecule has 0 bridgehead atoms. The first-order chi connectivity index (χ1) is 10.6. The minimum atomic E-state index is -0.282. The second-order valence-corrected chi connectivity index (χ2v) is 5.57. The molecule has 0 aliphatic heterocycles. The Morgan fingerprint density at radius 1 is 1.32 bits per heavy atom. The van der Waals surface area contributed by atoms with Gasteiger partial charge >= 0.3 is 0 Å². The van der Waals surface area contributed by atoms with Gasteiger partial charge in [0.05, 0.1) is 10.7 Å². The lowest BCUT2D eigenvalue weighted by Gasteiger charge is -2.09. The summed E-state index contributed by atoms with van der Waals surface area (Å²) in [5, 5.41) is 14.7. The molecule has 0 aliphatic carbocycles. The topological polar surface area (TPSA) is 70.9 Å². The van der Waals surface area contributed by atoms with Crippen molar-refractivity contribution in [2.45, 2.75) is 0 Å². The van der Waals surface area contributed by atoms with Gasteiger partial charge in [0, 0.05) is 10.7 Å². The summed E-state index contributed by atoms with van der Waals surface area (Å²) in [6, 6.07) is 11.9. The zero-order chi connectivity index (χ0) is 15.9. The Bertz CT molecular complexity index is 690. The van der Waals surface area contributed by atoms with Crippen molar-refractivity contribution in [2.24, 2.45) is 5.16 Å². The average molecular weight is 384 g/mol. The minimum absolute atomic E-state index is 0.130. The quantitative estimate of drug-likeness (QED) is 0.467. The normalized spacial score (nSPS) is 10.6. The molecule has 0 fully saturated rings. The van der Waals surface area contributed by atoms with Crippen LogP contribution >= 0.6 is 27.5 Å². The Labute approximate surface area is 140 Å². The first-order valence-electron chi connectivity index (χ1n) is 6.23. The predicted octanol–water partition coefficient (Wildman–Crippen LogP) is 3.93. The summed E-state index contributed by atoms with van der Waals surface area (Å²) < 4.78 is 6.09. The smallest absolute Gasteiger partial charge is 0.262 e. The molecule has 2 aromatic carbocycles. The Morgan fingerprint density at radius 3 is 2.68 bits per heavy atom. The summed E-state index contributed by atoms with van der Waals surface area (Å²) in [6.07, 6.45) is 1.29. The van der Waals surface area contributed by atoms with Crippen molar-refractivity contribution in [2.75, 3.05) is 11.9 Å². The van der Waals surface area contributed by atoms with Crippen LogP contribution in [0.15, 0.2) is 52.1 Å². The summed E-state index contributed by atoms with van der Waals surface area (Å²) in [4.78, 5) is 11.8. The molecule has 2 aromatic rings. The molecule has 0 saturated carbocycles. The van der Waals surface area contributed by atoms with Crippen LogP contribution in [0, 0.1) is 0 Å². The lowest BCUT2D eigenvalue weighted by molar-refractivity contribution is -0.118. The van der Waals surface area contributed by atoms with E-state index in [9.17, 15) is 4.79 Å². The Kier molecular flexibility index (Phi) is 5.80. The average Bonchev–Trinajstić information content (AvgIpc) is 2.49. The number of benzene rings is 2. The predicted molar refractivity (Wildman–Crippen MR) is 89.1 cm³/mol. The number of carbonyl (C=O) groups excluding carboxylic acids is 1. The zero-order valence-corrected chi connectivity index (χ0v) is 13.6. The molecule has 0 saturated heterocycles. The number of ether oxygens (including phenoxy) is 1. The molecular weight excluding hydrogens is 372 g/mol. The van der Waals surface area contributed by atoms with E-state index in [4.69, 9.17) is 21.5 Å². The fourth-order valence-corrected chi connectivity index (χ4v) is 2.29. The molecule has 0 atom stereocenters. The standard InChI is InChI=1S/C15H12BrClN2O3/c16-13-7-10(8-18-21)1-6-14(13)22-9-15(20)19-12-4-2-11(17)3-5-12/h1-8,21H,9H2,(H,19,20)/b18-8-. The van der Waals surface area contributed by atoms with Crippen LogP contribution < -0.4 is 10.1 Å². The number of amides is 1. The highest BCUT2D eigenvalue weighted by molar-refractivity contribution is 9.10. The molecule has 2 N–H and O–H groups in total. The van der Waals surface area contributed by atoms with Crippen LogP contribution in [0.2, 0.25) is 5.02 Å². The van der Waals surface area contributed by atoms with E-state index in [0.717, 1.165) is 0 Å². The number of rotatable bonds is 5. The molecule has 0 radical (unpaired) electrons. The minimum Gasteiger partial charge on any atom is -0.483 e. The molecule has 0 spiro atoms. The Hall–Kier alpha value is -2.05. The molecular formula is C15H12BrClN2O3. The van der Waals surface area contributed by atoms with E-state index in [1.807, 2.05) is 0 Å². The molecule has 0 unspecified atom stereocenters. The first-order valence-corrected chi connectivity index (χ1v) is 7.41. The van der Waals surface area contributed by atoms with E-state index in [2.05, 4.69) is 26.4 Å². The van der Waals surface area contributed by atoms with Gasteiger partial charge in [-0.3, -0.25) is 4.79 Å². The van der Waals surface area contributed by atoms with Crippen LogP contribution in [0.4, 0.5) is 5.69 Å². The van der Waals surface area contributed by atoms with Gasteiger partial charge in [-0.05, 0) is 64.0 Å². The van der Waals surface area contributed by atoms with E-state index in [0.29, 0.717) is 26.5 Å². The summed E-state index contributed by atoms with van der Waals surface area (Å²) >= 11 is 9.10. The van der Waals surface area contributed by atoms with Crippen molar-refractivity contribution in [1.29, 1.82) is 0 Å². The lowest BCUT2D eigenvalue weighted by Crippen LogP contribution is -2.20. The Morgan fingerprint density at radius 2 is 2.05 bits per heavy atom. The van der Waals surface area contributed by atoms with Gasteiger partial charge in [0.2, 0.25) is 0 Å². The maximum Gasteiger partial charge on any atom is 0.262 e. The fourth-order valence-electron chi connectivity index (χ4n) is 1.65. The van der Waals surface area contributed by atoms with Crippen molar-refractivity contribution >= 4 is 45.3 Å². The number of nitrogens with one attached hydrogen (secondary N) is 1. The molecule has 0 aliphatic rings. The van der Waals surface area contributed by atoms with Crippen molar-refractivity contribution < 1.29 is 14.7 Å². The highest BCUT2D eigenvalue weighted by Crippen LogP contribution is 2.25. The molecule has 0 aromatic heterocycles. The number of hydrogen-bond donors (Lipinski definition) is 2. The monoisotopic (exact) mass is 382 g/mol. The maximum atomic E-state index is 11.8. The molecule has 114 valence electrons. The molecule has 5 nitrogen and oxygen atoms in total. The summed E-state index contributed by atoms with van der Waals surface area (Å²) in [5.74, 6) is 0.233. The van der Waals surface area contributed by atoms with Gasteiger partial charge in [0.25, 0.3) is 5.91 Å². The number of carbonyl (C=O) groups is 1. The highest BCUT2D eigenvalue weighted by Gasteiger charge is 2.07. The van der Waals surface area contributed by atoms with Gasteiger partial charge in [-0.1, -0.05) is 16.8 Å². The van der Waals surface area contributed by atoms with E-state index >= 15 is 0 Å². The van der Waals surface area contributed by atoms with Crippen LogP contribution in [-0.4, -0.2) is 23.9 Å². The number of hydrogen-bond acceptors (Lipinski definition) is 4. The third-order valence-electron chi connectivity index (χ3n) is 2.65. The van der Waals surface area contributed by atoms with Crippen LogP contribution in [0.1, 0.15) is 5.56 Å². The third-order valence-corrected chi connectivity index (χ3v) is 3.52. The van der Waals surface area contributed by atoms with E-state index in [-0.39, 0.29) is 12.5 Å². The second kappa shape index (κ2) is 7.82. The van der Waals surface area contributed by atoms with Gasteiger partial charge in [-0.15, -0.1) is 0 Å². The number of anilines is 1. The third kappa shape index (κ3) is 4.75. The van der Waals surface area contributed by atoms with Crippen molar-refractivity contribution in [3.05, 3.63) is 57.5 Å². The van der Waals surface area contributed by atoms with Gasteiger partial charge in [-0.2, -0.15) is 0 Å². The van der Waals surface area contributed by atoms with Crippen LogP contribution in [0.5, 0.6) is 5.75 Å². The van der Waals surface area contributed by atoms with E-state index in [1.54, 1.807) is 42.5 Å². The molecule has 1 amide bonds. The summed E-state index contributed by atoms with van der Waals surface area (Å²) in [7, 11) is 0. The van der Waals surface area contributed by atoms with Crippen LogP contribution in [0.25, 0.3) is 0 Å². The number of oxime groups is 1. The fraction of sp³-hybridized carbons (Fsp3) is 0.0667. The zero-order valence-electron chi connectivity index (χ0n) is 11.3. The second-order valence-electron chi connectivity index (χ2n) is 4.28. The summed E-state index contributed by atoms with van der Waals surface area (Å²) in [5.41, 5.74) is 1.35. The summed E-state index contributed by atoms with van der Waals surface area (Å²) in [6.45, 7) is -0.130. The molecule has 22 heavy (non-hydrogen) atoms. The van der Waals surface area contributed by atoms with Crippen LogP contribution in [0.3, 0.4) is 0 Å². The maximum absolute atomic E-state index is 11.8. The molecule has 2 rings (SSSR count).